The van der Waals surface area contributed by atoms with Gasteiger partial charge in [0.15, 0.2) is 0 Å². The minimum Gasteiger partial charge on any atom is -0.744 e. The molecule has 0 saturated carbocycles. The van der Waals surface area contributed by atoms with E-state index in [0.29, 0.717) is 25.7 Å². The van der Waals surface area contributed by atoms with Crippen LogP contribution in [-0.2, 0) is 39.2 Å². The second-order valence-corrected chi connectivity index (χ2v) is 32.8. The van der Waals surface area contributed by atoms with Crippen molar-refractivity contribution in [2.45, 2.75) is 423 Å². The molecule has 0 aliphatic rings. The maximum atomic E-state index is 12.9. The van der Waals surface area contributed by atoms with Gasteiger partial charge in [0.05, 0.1) is 58.5 Å². The number of hydrogen-bond acceptors (Lipinski definition) is 14. The van der Waals surface area contributed by atoms with Gasteiger partial charge in [-0.2, -0.15) is 0 Å². The van der Waals surface area contributed by atoms with Crippen molar-refractivity contribution < 1.29 is 64.1 Å². The van der Waals surface area contributed by atoms with Crippen molar-refractivity contribution in [2.24, 2.45) is 0 Å². The van der Waals surface area contributed by atoms with E-state index in [0.717, 1.165) is 101 Å². The molecular weight excluding hydrogens is 1430 g/mol. The Hall–Kier alpha value is -3.64. The average molecular weight is 1590 g/mol. The average Bonchev–Trinajstić information content (AvgIpc) is 0.815. The van der Waals surface area contributed by atoms with Gasteiger partial charge in [-0.05, 0) is 165 Å². The van der Waals surface area contributed by atoms with Crippen molar-refractivity contribution in [1.82, 2.24) is 0 Å². The molecule has 0 fully saturated rings. The van der Waals surface area contributed by atoms with Crippen LogP contribution in [0.15, 0.2) is 94.8 Å². The Balaban J connectivity index is 0.00000212. The topological polar surface area (TPSA) is 220 Å². The fourth-order valence-corrected chi connectivity index (χ4v) is 14.1. The van der Waals surface area contributed by atoms with Crippen molar-refractivity contribution in [3.8, 4) is 0 Å². The normalized spacial score (nSPS) is 11.8. The molecule has 0 bridgehead atoms. The summed E-state index contributed by atoms with van der Waals surface area (Å²) in [5.74, 6) is -3.11. The molecule has 0 unspecified atom stereocenters. The zero-order valence-electron chi connectivity index (χ0n) is 69.6. The van der Waals surface area contributed by atoms with Crippen LogP contribution in [0.25, 0.3) is 0 Å². The van der Waals surface area contributed by atoms with Crippen LogP contribution in [0, 0.1) is 0 Å². The van der Waals surface area contributed by atoms with E-state index in [1.165, 1.54) is 295 Å². The van der Waals surface area contributed by atoms with Crippen LogP contribution in [0.5, 0.6) is 0 Å². The fraction of sp³-hybridized carbons (Fsp3) is 0.739. The van der Waals surface area contributed by atoms with Gasteiger partial charge in [-0.3, -0.25) is 0 Å². The molecule has 0 N–H and O–H groups in total. The van der Waals surface area contributed by atoms with Crippen molar-refractivity contribution in [3.05, 3.63) is 107 Å². The molecule has 620 valence electrons. The van der Waals surface area contributed by atoms with Gasteiger partial charge < -0.3 is 28.1 Å². The van der Waals surface area contributed by atoms with Gasteiger partial charge >= 0.3 is 61.6 Å². The van der Waals surface area contributed by atoms with Gasteiger partial charge in [0.2, 0.25) is 0 Å². The van der Waals surface area contributed by atoms with E-state index < -0.39 is 53.9 Å². The van der Waals surface area contributed by atoms with Crippen molar-refractivity contribution >= 4 is 81.9 Å². The summed E-state index contributed by atoms with van der Waals surface area (Å²) in [6.07, 6.45) is 90.0. The molecule has 0 aliphatic heterocycles. The molecule has 0 aromatic heterocycles. The van der Waals surface area contributed by atoms with Crippen LogP contribution in [0.4, 0.5) is 0 Å². The van der Waals surface area contributed by atoms with Gasteiger partial charge in [0, 0.05) is 0 Å². The first-order valence-electron chi connectivity index (χ1n) is 44.1. The number of benzene rings is 2. The summed E-state index contributed by atoms with van der Waals surface area (Å²) in [6.45, 7) is 9.72. The standard InChI is InChI=1S/2C46H78O7S.Ca/c2*1-3-5-7-9-11-13-15-17-19-21-23-25-27-29-31-33-35-39-52-45(47)43-38-37-42(54(49,50)51)41-44(43)46(48)53-40-36-34-32-30-28-26-24-22-20-18-16-14-12-10-8-6-4-2;/h2*15-18,37-38,41H,3-14,19-36,39-40H2,1-2H3,(H,49,50,51);/q;;+2/p-2/b2*17-15+,18-16+;. The van der Waals surface area contributed by atoms with Crippen LogP contribution in [0.1, 0.15) is 454 Å². The number of allylic oxidation sites excluding steroid dienone is 8. The summed E-state index contributed by atoms with van der Waals surface area (Å²) in [5.41, 5.74) is -0.687. The Morgan fingerprint density at radius 2 is 0.404 bits per heavy atom. The molecule has 0 amide bonds. The van der Waals surface area contributed by atoms with E-state index in [2.05, 4.69) is 76.3 Å². The van der Waals surface area contributed by atoms with E-state index in [-0.39, 0.29) is 86.4 Å². The third-order valence-electron chi connectivity index (χ3n) is 20.0. The molecule has 0 saturated heterocycles. The zero-order valence-corrected chi connectivity index (χ0v) is 73.4. The Morgan fingerprint density at radius 1 is 0.248 bits per heavy atom. The first kappa shape index (κ1) is 105. The number of ether oxygens (including phenoxy) is 4. The van der Waals surface area contributed by atoms with Gasteiger partial charge in [-0.25, -0.2) is 36.0 Å². The predicted octanol–water partition coefficient (Wildman–Crippen LogP) is 27.1. The summed E-state index contributed by atoms with van der Waals surface area (Å²) in [5, 5.41) is 0. The molecule has 0 aliphatic carbocycles. The largest absolute Gasteiger partial charge is 2.00 e. The third kappa shape index (κ3) is 64.3. The number of carbonyl (C=O) groups excluding carboxylic acids is 4. The van der Waals surface area contributed by atoms with Crippen LogP contribution in [0.3, 0.4) is 0 Å². The maximum Gasteiger partial charge on any atom is 2.00 e. The summed E-state index contributed by atoms with van der Waals surface area (Å²) in [6, 6.07) is 6.26. The fourth-order valence-electron chi connectivity index (χ4n) is 13.1. The predicted molar refractivity (Wildman–Crippen MR) is 452 cm³/mol. The molecule has 0 spiro atoms. The van der Waals surface area contributed by atoms with Crippen molar-refractivity contribution in [1.29, 1.82) is 0 Å². The molecule has 2 aromatic carbocycles. The van der Waals surface area contributed by atoms with E-state index in [4.69, 9.17) is 18.9 Å². The van der Waals surface area contributed by atoms with Gasteiger partial charge in [-0.15, -0.1) is 0 Å². The molecule has 2 aromatic rings. The Kier molecular flexibility index (Phi) is 74.4. The quantitative estimate of drug-likeness (QED) is 0.0150. The van der Waals surface area contributed by atoms with E-state index >= 15 is 0 Å². The summed E-state index contributed by atoms with van der Waals surface area (Å²) in [7, 11) is -9.63. The molecule has 109 heavy (non-hydrogen) atoms. The second kappa shape index (κ2) is 77.0. The summed E-state index contributed by atoms with van der Waals surface area (Å²) >= 11 is 0. The maximum absolute atomic E-state index is 12.9. The molecule has 0 radical (unpaired) electrons. The van der Waals surface area contributed by atoms with Gasteiger partial charge in [0.1, 0.15) is 20.2 Å². The summed E-state index contributed by atoms with van der Waals surface area (Å²) in [4.78, 5) is 50.5. The number of rotatable bonds is 74. The monoisotopic (exact) mass is 1590 g/mol. The van der Waals surface area contributed by atoms with Crippen LogP contribution in [-0.4, -0.2) is 114 Å². The second-order valence-electron chi connectivity index (χ2n) is 30.0. The third-order valence-corrected chi connectivity index (χ3v) is 21.7. The zero-order chi connectivity index (χ0) is 78.8. The van der Waals surface area contributed by atoms with Crippen LogP contribution < -0.4 is 0 Å². The smallest absolute Gasteiger partial charge is 0.744 e. The number of carbonyl (C=O) groups is 4. The van der Waals surface area contributed by atoms with E-state index in [1.54, 1.807) is 0 Å². The van der Waals surface area contributed by atoms with Gasteiger partial charge in [0.25, 0.3) is 0 Å². The molecule has 17 heteroatoms. The summed E-state index contributed by atoms with van der Waals surface area (Å²) < 4.78 is 91.5. The van der Waals surface area contributed by atoms with E-state index in [9.17, 15) is 45.1 Å². The Bertz CT molecular complexity index is 2670. The number of unbranched alkanes of at least 4 members (excludes halogenated alkanes) is 52. The van der Waals surface area contributed by atoms with Crippen LogP contribution in [0.2, 0.25) is 0 Å². The van der Waals surface area contributed by atoms with E-state index in [1.807, 2.05) is 0 Å². The number of esters is 4. The molecule has 2 rings (SSSR count). The minimum atomic E-state index is -4.82. The first-order chi connectivity index (χ1) is 52.6. The SMILES string of the molecule is CCCCCCC/C=C/CCCCCCCCCCOC(=O)c1ccc(S(=O)(=O)[O-])cc1C(=O)OCCCCCCCCCC/C=C/CCCCCCC.CCCCCCC/C=C/CCCCCCCCCCOC(=O)c1ccc(S(=O)(=O)[O-])cc1C(=O)OCCCCCCCCCC/C=C/CCCCCCC.[Ca+2]. The molecule has 0 atom stereocenters. The molecule has 14 nitrogen and oxygen atoms in total. The first-order valence-corrected chi connectivity index (χ1v) is 46.9. The molecular formula is C92H154CaO14S2. The minimum absolute atomic E-state index is 0. The molecule has 0 heterocycles. The van der Waals surface area contributed by atoms with Crippen molar-refractivity contribution in [3.63, 3.8) is 0 Å². The Morgan fingerprint density at radius 3 is 0.578 bits per heavy atom. The van der Waals surface area contributed by atoms with Crippen molar-refractivity contribution in [2.75, 3.05) is 26.4 Å². The van der Waals surface area contributed by atoms with Gasteiger partial charge in [-0.1, -0.05) is 333 Å². The number of hydrogen-bond donors (Lipinski definition) is 0. The Labute approximate surface area is 696 Å². The van der Waals surface area contributed by atoms with Crippen LogP contribution >= 0.6 is 0 Å².